The molecule has 7 nitrogen and oxygen atoms in total. The van der Waals surface area contributed by atoms with Crippen LogP contribution >= 0.6 is 0 Å². The van der Waals surface area contributed by atoms with E-state index < -0.39 is 0 Å². The Kier molecular flexibility index (Phi) is 2.71. The largest absolute Gasteiger partial charge is 0.398 e. The van der Waals surface area contributed by atoms with E-state index in [4.69, 9.17) is 10.3 Å². The second-order valence-electron chi connectivity index (χ2n) is 4.11. The number of hydrogen-bond acceptors (Lipinski definition) is 6. The molecule has 0 unspecified atom stereocenters. The second-order valence-corrected chi connectivity index (χ2v) is 4.11. The van der Waals surface area contributed by atoms with Crippen LogP contribution in [0.15, 0.2) is 35.5 Å². The highest BCUT2D eigenvalue weighted by molar-refractivity contribution is 5.72. The zero-order valence-electron chi connectivity index (χ0n) is 10.3. The molecule has 19 heavy (non-hydrogen) atoms. The molecule has 0 aliphatic rings. The van der Waals surface area contributed by atoms with E-state index in [2.05, 4.69) is 20.1 Å². The number of aromatic nitrogens is 5. The highest BCUT2D eigenvalue weighted by Crippen LogP contribution is 2.24. The van der Waals surface area contributed by atoms with E-state index in [0.717, 1.165) is 11.3 Å². The fourth-order valence-corrected chi connectivity index (χ4v) is 1.84. The van der Waals surface area contributed by atoms with Crippen LogP contribution in [0.25, 0.3) is 11.3 Å². The van der Waals surface area contributed by atoms with Crippen molar-refractivity contribution in [1.82, 2.24) is 24.7 Å². The molecule has 2 N–H and O–H groups in total. The number of nitrogens with zero attached hydrogens (tertiary/aromatic N) is 5. The summed E-state index contributed by atoms with van der Waals surface area (Å²) in [6.07, 6.45) is 6.79. The smallest absolute Gasteiger partial charge is 0.246 e. The lowest BCUT2D eigenvalue weighted by atomic mass is 10.2. The molecule has 0 aromatic carbocycles. The number of nitrogen functional groups attached to an aromatic ring is 1. The van der Waals surface area contributed by atoms with Crippen molar-refractivity contribution >= 4 is 5.69 Å². The average Bonchev–Trinajstić information content (AvgIpc) is 3.00. The topological polar surface area (TPSA) is 95.7 Å². The zero-order valence-corrected chi connectivity index (χ0v) is 10.3. The number of hydrogen-bond donors (Lipinski definition) is 1. The van der Waals surface area contributed by atoms with Crippen LogP contribution in [0, 0.1) is 6.92 Å². The van der Waals surface area contributed by atoms with Crippen LogP contribution in [0.1, 0.15) is 11.7 Å². The molecule has 0 bridgehead atoms. The molecule has 3 heterocycles. The van der Waals surface area contributed by atoms with E-state index in [9.17, 15) is 0 Å². The summed E-state index contributed by atoms with van der Waals surface area (Å²) in [5.41, 5.74) is 8.29. The Labute approximate surface area is 109 Å². The number of rotatable bonds is 3. The van der Waals surface area contributed by atoms with Gasteiger partial charge in [0.2, 0.25) is 5.89 Å². The summed E-state index contributed by atoms with van der Waals surface area (Å²) in [5, 5.41) is 3.76. The lowest BCUT2D eigenvalue weighted by Gasteiger charge is -2.07. The fraction of sp³-hybridized carbons (Fsp3) is 0.167. The van der Waals surface area contributed by atoms with Crippen molar-refractivity contribution in [3.8, 4) is 11.3 Å². The molecule has 0 fully saturated rings. The van der Waals surface area contributed by atoms with Crippen LogP contribution in [-0.2, 0) is 6.54 Å². The maximum absolute atomic E-state index is 5.95. The molecule has 0 radical (unpaired) electrons. The molecule has 0 amide bonds. The van der Waals surface area contributed by atoms with Crippen LogP contribution in [0.3, 0.4) is 0 Å². The minimum absolute atomic E-state index is 0.449. The Bertz CT molecular complexity index is 702. The molecule has 0 aliphatic heterocycles. The lowest BCUT2D eigenvalue weighted by Crippen LogP contribution is -2.02. The summed E-state index contributed by atoms with van der Waals surface area (Å²) in [6.45, 7) is 2.23. The average molecular weight is 256 g/mol. The number of imidazole rings is 1. The van der Waals surface area contributed by atoms with Crippen LogP contribution in [0.5, 0.6) is 0 Å². The lowest BCUT2D eigenvalue weighted by molar-refractivity contribution is 0.368. The van der Waals surface area contributed by atoms with Gasteiger partial charge in [0.05, 0.1) is 18.2 Å². The maximum atomic E-state index is 5.95. The first-order valence-electron chi connectivity index (χ1n) is 5.73. The Balaban J connectivity index is 1.97. The molecule has 3 rings (SSSR count). The Morgan fingerprint density at radius 3 is 2.95 bits per heavy atom. The number of nitrogens with two attached hydrogens (primary N) is 1. The van der Waals surface area contributed by atoms with Gasteiger partial charge in [-0.05, 0) is 13.0 Å². The quantitative estimate of drug-likeness (QED) is 0.758. The molecule has 96 valence electrons. The Hall–Kier alpha value is -2.70. The normalized spacial score (nSPS) is 10.8. The molecular weight excluding hydrogens is 244 g/mol. The van der Waals surface area contributed by atoms with Gasteiger partial charge in [0.1, 0.15) is 6.54 Å². The highest BCUT2D eigenvalue weighted by Gasteiger charge is 2.11. The second kappa shape index (κ2) is 4.52. The highest BCUT2D eigenvalue weighted by atomic mass is 16.5. The monoisotopic (exact) mass is 256 g/mol. The summed E-state index contributed by atoms with van der Waals surface area (Å²) in [4.78, 5) is 12.4. The van der Waals surface area contributed by atoms with Crippen LogP contribution in [0.4, 0.5) is 5.69 Å². The maximum Gasteiger partial charge on any atom is 0.246 e. The summed E-state index contributed by atoms with van der Waals surface area (Å²) in [7, 11) is 0. The summed E-state index contributed by atoms with van der Waals surface area (Å²) in [5.74, 6) is 1.14. The van der Waals surface area contributed by atoms with Crippen molar-refractivity contribution in [2.75, 3.05) is 5.73 Å². The van der Waals surface area contributed by atoms with Gasteiger partial charge in [-0.3, -0.25) is 4.98 Å². The SMILES string of the molecule is Cc1noc(Cn2cncc2-c2cnccc2N)n1. The number of pyridine rings is 1. The molecule has 0 atom stereocenters. The van der Waals surface area contributed by atoms with Gasteiger partial charge in [-0.2, -0.15) is 4.98 Å². The molecule has 7 heteroatoms. The van der Waals surface area contributed by atoms with Gasteiger partial charge in [-0.25, -0.2) is 4.98 Å². The summed E-state index contributed by atoms with van der Waals surface area (Å²) in [6, 6.07) is 1.75. The van der Waals surface area contributed by atoms with E-state index in [1.54, 1.807) is 37.9 Å². The van der Waals surface area contributed by atoms with Crippen LogP contribution in [0.2, 0.25) is 0 Å². The molecule has 0 spiro atoms. The van der Waals surface area contributed by atoms with Gasteiger partial charge in [0, 0.05) is 23.6 Å². The van der Waals surface area contributed by atoms with Crippen molar-refractivity contribution in [1.29, 1.82) is 0 Å². The molecule has 0 saturated heterocycles. The Morgan fingerprint density at radius 1 is 1.32 bits per heavy atom. The van der Waals surface area contributed by atoms with E-state index in [1.165, 1.54) is 0 Å². The molecular formula is C12H12N6O. The van der Waals surface area contributed by atoms with Crippen molar-refractivity contribution in [3.63, 3.8) is 0 Å². The van der Waals surface area contributed by atoms with Crippen LogP contribution < -0.4 is 5.73 Å². The minimum atomic E-state index is 0.449. The van der Waals surface area contributed by atoms with Gasteiger partial charge in [-0.15, -0.1) is 0 Å². The standard InChI is InChI=1S/C12H12N6O/c1-8-16-12(19-17-8)6-18-7-15-5-11(18)9-4-14-3-2-10(9)13/h2-5,7H,6H2,1H3,(H2,13,14). The van der Waals surface area contributed by atoms with Crippen molar-refractivity contribution in [2.45, 2.75) is 13.5 Å². The van der Waals surface area contributed by atoms with Gasteiger partial charge in [0.25, 0.3) is 0 Å². The summed E-state index contributed by atoms with van der Waals surface area (Å²) >= 11 is 0. The minimum Gasteiger partial charge on any atom is -0.398 e. The first-order valence-corrected chi connectivity index (χ1v) is 5.73. The fourth-order valence-electron chi connectivity index (χ4n) is 1.84. The predicted octanol–water partition coefficient (Wildman–Crippen LogP) is 1.27. The summed E-state index contributed by atoms with van der Waals surface area (Å²) < 4.78 is 6.99. The van der Waals surface area contributed by atoms with E-state index in [0.29, 0.717) is 23.9 Å². The molecule has 3 aromatic rings. The van der Waals surface area contributed by atoms with Crippen molar-refractivity contribution < 1.29 is 4.52 Å². The predicted molar refractivity (Wildman–Crippen MR) is 68.0 cm³/mol. The first-order chi connectivity index (χ1) is 9.24. The van der Waals surface area contributed by atoms with Crippen molar-refractivity contribution in [3.05, 3.63) is 42.7 Å². The molecule has 0 saturated carbocycles. The van der Waals surface area contributed by atoms with Crippen LogP contribution in [-0.4, -0.2) is 24.7 Å². The van der Waals surface area contributed by atoms with Crippen molar-refractivity contribution in [2.24, 2.45) is 0 Å². The number of aryl methyl sites for hydroxylation is 1. The first kappa shape index (κ1) is 11.4. The molecule has 0 aliphatic carbocycles. The van der Waals surface area contributed by atoms with Gasteiger partial charge in [-0.1, -0.05) is 5.16 Å². The number of anilines is 1. The van der Waals surface area contributed by atoms with E-state index >= 15 is 0 Å². The van der Waals surface area contributed by atoms with E-state index in [-0.39, 0.29) is 0 Å². The van der Waals surface area contributed by atoms with Gasteiger partial charge < -0.3 is 14.8 Å². The third kappa shape index (κ3) is 2.17. The third-order valence-electron chi connectivity index (χ3n) is 2.72. The Morgan fingerprint density at radius 2 is 2.21 bits per heavy atom. The molecule has 3 aromatic heterocycles. The third-order valence-corrected chi connectivity index (χ3v) is 2.72. The van der Waals surface area contributed by atoms with E-state index in [1.807, 2.05) is 4.57 Å². The van der Waals surface area contributed by atoms with Gasteiger partial charge in [0.15, 0.2) is 5.82 Å². The van der Waals surface area contributed by atoms with Gasteiger partial charge >= 0.3 is 0 Å². The zero-order chi connectivity index (χ0) is 13.2.